The number of aromatic nitrogens is 3. The fourth-order valence-electron chi connectivity index (χ4n) is 9.99. The number of nitrogens with zero attached hydrogens (tertiary/aromatic N) is 3. The summed E-state index contributed by atoms with van der Waals surface area (Å²) < 4.78 is 0. The lowest BCUT2D eigenvalue weighted by atomic mass is 9.81. The molecule has 0 bridgehead atoms. The second-order valence-corrected chi connectivity index (χ2v) is 17.9. The smallest absolute Gasteiger partial charge is 0.0702 e. The van der Waals surface area contributed by atoms with Gasteiger partial charge in [-0.05, 0) is 144 Å². The summed E-state index contributed by atoms with van der Waals surface area (Å²) in [7, 11) is 0. The van der Waals surface area contributed by atoms with E-state index in [0.29, 0.717) is 0 Å². The van der Waals surface area contributed by atoms with Crippen molar-refractivity contribution in [3.05, 3.63) is 286 Å². The Bertz CT molecular complexity index is 3780. The van der Waals surface area contributed by atoms with E-state index in [4.69, 9.17) is 4.98 Å². The lowest BCUT2D eigenvalue weighted by molar-refractivity contribution is 1.33. The molecule has 338 valence electrons. The second kappa shape index (κ2) is 19.8. The first-order chi connectivity index (χ1) is 35.7. The van der Waals surface area contributed by atoms with Crippen LogP contribution in [0.1, 0.15) is 0 Å². The molecular formula is C69H47N3. The van der Waals surface area contributed by atoms with Gasteiger partial charge < -0.3 is 0 Å². The molecule has 9 aromatic carbocycles. The van der Waals surface area contributed by atoms with E-state index >= 15 is 0 Å². The molecule has 0 N–H and O–H groups in total. The highest BCUT2D eigenvalue weighted by atomic mass is 14.7. The Hall–Kier alpha value is -9.57. The van der Waals surface area contributed by atoms with Gasteiger partial charge in [-0.15, -0.1) is 0 Å². The molecule has 0 fully saturated rings. The Morgan fingerprint density at radius 1 is 0.167 bits per heavy atom. The topological polar surface area (TPSA) is 38.7 Å². The Morgan fingerprint density at radius 3 is 1.01 bits per heavy atom. The molecule has 0 saturated heterocycles. The summed E-state index contributed by atoms with van der Waals surface area (Å²) in [6.07, 6.45) is 5.57. The van der Waals surface area contributed by atoms with E-state index in [9.17, 15) is 0 Å². The molecule has 3 heteroatoms. The first-order valence-corrected chi connectivity index (χ1v) is 24.4. The van der Waals surface area contributed by atoms with Gasteiger partial charge in [0, 0.05) is 35.3 Å². The lowest BCUT2D eigenvalue weighted by Crippen LogP contribution is -1.97. The highest BCUT2D eigenvalue weighted by molar-refractivity contribution is 6.03. The zero-order valence-electron chi connectivity index (χ0n) is 39.5. The minimum absolute atomic E-state index is 0.912. The van der Waals surface area contributed by atoms with Crippen LogP contribution in [-0.4, -0.2) is 15.0 Å². The molecule has 0 radical (unpaired) electrons. The minimum atomic E-state index is 0.912. The van der Waals surface area contributed by atoms with Crippen molar-refractivity contribution in [2.24, 2.45) is 0 Å². The van der Waals surface area contributed by atoms with Crippen LogP contribution in [0, 0.1) is 0 Å². The fourth-order valence-corrected chi connectivity index (χ4v) is 9.99. The lowest BCUT2D eigenvalue weighted by Gasteiger charge is -2.23. The standard InChI is InChI=1S/C69H47N3/c1-3-17-48(18-4-1)49-28-30-52(31-29-49)63-46-57(68-27-13-16-44-72-68)47-65(69(63)55-19-5-2-6-20-55)62-41-40-56(60-23-8-7-21-58(60)50-32-36-53(37-33-50)66-25-11-14-42-70-66)45-64(62)61-24-10-9-22-59(61)51-34-38-54(39-35-51)67-26-12-15-43-71-67/h1-47H. The Morgan fingerprint density at radius 2 is 0.500 bits per heavy atom. The monoisotopic (exact) mass is 917 g/mol. The highest BCUT2D eigenvalue weighted by Gasteiger charge is 2.23. The van der Waals surface area contributed by atoms with Crippen molar-refractivity contribution in [3.63, 3.8) is 0 Å². The van der Waals surface area contributed by atoms with Gasteiger partial charge >= 0.3 is 0 Å². The molecule has 72 heavy (non-hydrogen) atoms. The third kappa shape index (κ3) is 8.83. The summed E-state index contributed by atoms with van der Waals surface area (Å²) in [5.74, 6) is 0. The van der Waals surface area contributed by atoms with E-state index in [1.165, 1.54) is 11.1 Å². The van der Waals surface area contributed by atoms with Crippen molar-refractivity contribution in [3.8, 4) is 123 Å². The zero-order valence-corrected chi connectivity index (χ0v) is 39.5. The summed E-state index contributed by atoms with van der Waals surface area (Å²) in [4.78, 5) is 14.2. The van der Waals surface area contributed by atoms with Gasteiger partial charge in [0.2, 0.25) is 0 Å². The highest BCUT2D eigenvalue weighted by Crippen LogP contribution is 2.49. The van der Waals surface area contributed by atoms with Crippen LogP contribution in [0.4, 0.5) is 0 Å². The van der Waals surface area contributed by atoms with E-state index in [0.717, 1.165) is 112 Å². The van der Waals surface area contributed by atoms with Gasteiger partial charge in [0.25, 0.3) is 0 Å². The van der Waals surface area contributed by atoms with Gasteiger partial charge in [0.05, 0.1) is 17.1 Å². The van der Waals surface area contributed by atoms with Crippen LogP contribution in [-0.2, 0) is 0 Å². The van der Waals surface area contributed by atoms with E-state index in [2.05, 4.69) is 247 Å². The van der Waals surface area contributed by atoms with Gasteiger partial charge in [-0.1, -0.05) is 212 Å². The van der Waals surface area contributed by atoms with Crippen molar-refractivity contribution < 1.29 is 0 Å². The summed E-state index contributed by atoms with van der Waals surface area (Å²) >= 11 is 0. The zero-order chi connectivity index (χ0) is 48.1. The van der Waals surface area contributed by atoms with Crippen molar-refractivity contribution in [2.75, 3.05) is 0 Å². The Labute approximate surface area is 421 Å². The Kier molecular flexibility index (Phi) is 12.0. The first kappa shape index (κ1) is 43.7. The van der Waals surface area contributed by atoms with Gasteiger partial charge in [-0.25, -0.2) is 0 Å². The molecule has 0 aliphatic carbocycles. The Balaban J connectivity index is 1.10. The number of hydrogen-bond donors (Lipinski definition) is 0. The van der Waals surface area contributed by atoms with Gasteiger partial charge in [-0.2, -0.15) is 0 Å². The quantitative estimate of drug-likeness (QED) is 0.130. The number of hydrogen-bond acceptors (Lipinski definition) is 3. The maximum atomic E-state index is 4.94. The SMILES string of the molecule is c1ccc(-c2ccc(-c3cc(-c4ccccn4)cc(-c4ccc(-c5ccccc5-c5ccc(-c6ccccn6)cc5)cc4-c4ccccc4-c4ccc(-c5ccccn5)cc4)c3-c3ccccc3)cc2)cc1. The molecule has 0 aliphatic heterocycles. The number of rotatable bonds is 11. The van der Waals surface area contributed by atoms with Crippen LogP contribution in [0.25, 0.3) is 123 Å². The molecule has 0 atom stereocenters. The van der Waals surface area contributed by atoms with Crippen LogP contribution >= 0.6 is 0 Å². The average Bonchev–Trinajstić information content (AvgIpc) is 3.48. The molecule has 0 saturated carbocycles. The summed E-state index contributed by atoms with van der Waals surface area (Å²) in [5.41, 5.74) is 24.3. The molecule has 0 spiro atoms. The predicted molar refractivity (Wildman–Crippen MR) is 300 cm³/mol. The number of pyridine rings is 3. The van der Waals surface area contributed by atoms with Gasteiger partial charge in [0.1, 0.15) is 0 Å². The van der Waals surface area contributed by atoms with Gasteiger partial charge in [0.15, 0.2) is 0 Å². The van der Waals surface area contributed by atoms with E-state index in [-0.39, 0.29) is 0 Å². The third-order valence-electron chi connectivity index (χ3n) is 13.5. The van der Waals surface area contributed by atoms with E-state index < -0.39 is 0 Å². The van der Waals surface area contributed by atoms with Crippen molar-refractivity contribution in [2.45, 2.75) is 0 Å². The largest absolute Gasteiger partial charge is 0.256 e. The van der Waals surface area contributed by atoms with Crippen molar-refractivity contribution >= 4 is 0 Å². The van der Waals surface area contributed by atoms with Crippen LogP contribution in [0.2, 0.25) is 0 Å². The first-order valence-electron chi connectivity index (χ1n) is 24.4. The van der Waals surface area contributed by atoms with Crippen molar-refractivity contribution in [1.82, 2.24) is 15.0 Å². The fraction of sp³-hybridized carbons (Fsp3) is 0. The molecule has 12 rings (SSSR count). The minimum Gasteiger partial charge on any atom is -0.256 e. The maximum absolute atomic E-state index is 4.94. The van der Waals surface area contributed by atoms with Crippen LogP contribution < -0.4 is 0 Å². The molecule has 12 aromatic rings. The molecule has 3 aromatic heterocycles. The third-order valence-corrected chi connectivity index (χ3v) is 13.5. The van der Waals surface area contributed by atoms with Crippen LogP contribution in [0.15, 0.2) is 286 Å². The maximum Gasteiger partial charge on any atom is 0.0702 e. The van der Waals surface area contributed by atoms with E-state index in [1.54, 1.807) is 0 Å². The molecule has 0 amide bonds. The molecular weight excluding hydrogens is 871 g/mol. The molecule has 0 unspecified atom stereocenters. The van der Waals surface area contributed by atoms with E-state index in [1.807, 2.05) is 48.9 Å². The summed E-state index contributed by atoms with van der Waals surface area (Å²) in [6.45, 7) is 0. The second-order valence-electron chi connectivity index (χ2n) is 17.9. The van der Waals surface area contributed by atoms with Crippen molar-refractivity contribution in [1.29, 1.82) is 0 Å². The summed E-state index contributed by atoms with van der Waals surface area (Å²) in [5, 5.41) is 0. The van der Waals surface area contributed by atoms with Crippen LogP contribution in [0.3, 0.4) is 0 Å². The van der Waals surface area contributed by atoms with Crippen LogP contribution in [0.5, 0.6) is 0 Å². The molecule has 3 nitrogen and oxygen atoms in total. The molecule has 3 heterocycles. The predicted octanol–water partition coefficient (Wildman–Crippen LogP) is 18.2. The molecule has 0 aliphatic rings. The normalized spacial score (nSPS) is 11.1. The van der Waals surface area contributed by atoms with Gasteiger partial charge in [-0.3, -0.25) is 15.0 Å². The average molecular weight is 918 g/mol. The summed E-state index contributed by atoms with van der Waals surface area (Å²) in [6, 6.07) is 95.6. The number of benzene rings is 9.